The summed E-state index contributed by atoms with van der Waals surface area (Å²) in [6.07, 6.45) is 1.81. The predicted molar refractivity (Wildman–Crippen MR) is 96.8 cm³/mol. The summed E-state index contributed by atoms with van der Waals surface area (Å²) >= 11 is 15.6. The molecule has 0 unspecified atom stereocenters. The molecule has 0 saturated carbocycles. The van der Waals surface area contributed by atoms with Crippen LogP contribution >= 0.6 is 58.3 Å². The summed E-state index contributed by atoms with van der Waals surface area (Å²) in [4.78, 5) is 0. The Morgan fingerprint density at radius 2 is 1.92 bits per heavy atom. The van der Waals surface area contributed by atoms with E-state index in [0.717, 1.165) is 35.0 Å². The van der Waals surface area contributed by atoms with Crippen molar-refractivity contribution in [2.45, 2.75) is 17.2 Å². The number of halogens is 2. The molecule has 0 amide bonds. The number of aromatic nitrogens is 2. The van der Waals surface area contributed by atoms with E-state index in [9.17, 15) is 10.4 Å². The Morgan fingerprint density at radius 3 is 2.69 bits per heavy atom. The molecule has 0 aliphatic rings. The molecular formula is C12H11Cl2N4NaO4S3. The third-order valence-electron chi connectivity index (χ3n) is 2.58. The van der Waals surface area contributed by atoms with Crippen LogP contribution in [0.1, 0.15) is 12.8 Å². The number of hydrogen-bond acceptors (Lipinski definition) is 11. The molecule has 2 rings (SSSR count). The molecule has 14 heteroatoms. The number of phenolic OH excluding ortho intramolecular Hbond substituents is 1. The average molecular weight is 465 g/mol. The maximum atomic E-state index is 9.60. The van der Waals surface area contributed by atoms with Crippen molar-refractivity contribution in [3.05, 3.63) is 22.2 Å². The number of unbranched alkanes of at least 4 members (excludes halogenated alkanes) is 1. The van der Waals surface area contributed by atoms with Crippen molar-refractivity contribution in [3.63, 3.8) is 0 Å². The molecule has 0 spiro atoms. The number of aromatic hydroxyl groups is 1. The maximum Gasteiger partial charge on any atom is 1.00 e. The van der Waals surface area contributed by atoms with Crippen LogP contribution in [0, 0.1) is 0 Å². The van der Waals surface area contributed by atoms with Crippen LogP contribution in [-0.2, 0) is 9.37 Å². The molecule has 2 aromatic rings. The minimum absolute atomic E-state index is 0. The average Bonchev–Trinajstić information content (AvgIpc) is 3.04. The molecular weight excluding hydrogens is 454 g/mol. The standard InChI is InChI=1S/C12H12Cl2N4O4S3.Na/c13-7-6-10(19)8(14)5-9(7)15-16-11-17-18-12(25-11)23-3-1-2-4-24-22-21-20;/h5-6,19-20H,1-4H2;/q;+1/p-1. The molecule has 1 aromatic heterocycles. The molecule has 1 aromatic carbocycles. The Kier molecular flexibility index (Phi) is 12.7. The zero-order chi connectivity index (χ0) is 18.1. The summed E-state index contributed by atoms with van der Waals surface area (Å²) in [6, 6.07) is 2.71. The fraction of sp³-hybridized carbons (Fsp3) is 0.333. The minimum Gasteiger partial charge on any atom is -0.691 e. The van der Waals surface area contributed by atoms with Gasteiger partial charge in [-0.05, 0) is 18.9 Å². The normalized spacial score (nSPS) is 11.0. The molecule has 0 aliphatic heterocycles. The van der Waals surface area contributed by atoms with Crippen molar-refractivity contribution < 1.29 is 49.3 Å². The Labute approximate surface area is 194 Å². The van der Waals surface area contributed by atoms with E-state index < -0.39 is 0 Å². The van der Waals surface area contributed by atoms with E-state index in [4.69, 9.17) is 23.2 Å². The van der Waals surface area contributed by atoms with Crippen LogP contribution in [0.25, 0.3) is 0 Å². The van der Waals surface area contributed by atoms with Crippen molar-refractivity contribution in [1.82, 2.24) is 10.2 Å². The molecule has 0 radical (unpaired) electrons. The third kappa shape index (κ3) is 8.57. The third-order valence-corrected chi connectivity index (χ3v) is 5.82. The van der Waals surface area contributed by atoms with Gasteiger partial charge in [-0.1, -0.05) is 46.3 Å². The summed E-state index contributed by atoms with van der Waals surface area (Å²) in [7, 11) is 0. The summed E-state index contributed by atoms with van der Waals surface area (Å²) in [6.45, 7) is 0. The first-order chi connectivity index (χ1) is 12.1. The van der Waals surface area contributed by atoms with Crippen LogP contribution in [0.2, 0.25) is 10.0 Å². The van der Waals surface area contributed by atoms with Crippen LogP contribution < -0.4 is 34.8 Å². The Morgan fingerprint density at radius 1 is 1.15 bits per heavy atom. The number of benzene rings is 1. The number of azo groups is 1. The summed E-state index contributed by atoms with van der Waals surface area (Å²) < 4.78 is 4.94. The zero-order valence-corrected chi connectivity index (χ0v) is 19.4. The van der Waals surface area contributed by atoms with Crippen LogP contribution in [0.5, 0.6) is 5.75 Å². The van der Waals surface area contributed by atoms with Gasteiger partial charge in [-0.25, -0.2) is 0 Å². The van der Waals surface area contributed by atoms with Gasteiger partial charge in [-0.2, -0.15) is 4.33 Å². The number of phenols is 1. The second-order valence-corrected chi connectivity index (χ2v) is 8.21. The molecule has 0 fully saturated rings. The van der Waals surface area contributed by atoms with Crippen molar-refractivity contribution in [3.8, 4) is 5.75 Å². The first-order valence-corrected chi connectivity index (χ1v) is 10.2. The number of nitrogens with zero attached hydrogens (tertiary/aromatic N) is 4. The van der Waals surface area contributed by atoms with Gasteiger partial charge in [0.05, 0.1) is 10.0 Å². The maximum absolute atomic E-state index is 9.60. The first-order valence-electron chi connectivity index (χ1n) is 6.74. The van der Waals surface area contributed by atoms with Crippen LogP contribution in [-0.4, -0.2) is 26.8 Å². The Bertz CT molecular complexity index is 726. The summed E-state index contributed by atoms with van der Waals surface area (Å²) in [5.41, 5.74) is 0.329. The van der Waals surface area contributed by atoms with E-state index >= 15 is 0 Å². The van der Waals surface area contributed by atoms with Gasteiger partial charge >= 0.3 is 29.6 Å². The first kappa shape index (κ1) is 24.4. The molecule has 0 atom stereocenters. The Hall–Kier alpha value is 0.340. The molecule has 136 valence electrons. The SMILES string of the molecule is [Na+].[O-]OOSCCCCSc1nnc(N=Nc2cc(Cl)c(O)cc2Cl)s1. The fourth-order valence-corrected chi connectivity index (χ4v) is 3.99. The van der Waals surface area contributed by atoms with Crippen LogP contribution in [0.4, 0.5) is 10.8 Å². The van der Waals surface area contributed by atoms with E-state index in [1.165, 1.54) is 23.5 Å². The van der Waals surface area contributed by atoms with E-state index in [-0.39, 0.29) is 45.4 Å². The minimum atomic E-state index is -0.120. The summed E-state index contributed by atoms with van der Waals surface area (Å²) in [5, 5.41) is 38.9. The molecule has 8 nitrogen and oxygen atoms in total. The number of rotatable bonds is 10. The molecule has 0 aliphatic carbocycles. The monoisotopic (exact) mass is 464 g/mol. The predicted octanol–water partition coefficient (Wildman–Crippen LogP) is 1.71. The zero-order valence-electron chi connectivity index (χ0n) is 13.4. The van der Waals surface area contributed by atoms with Gasteiger partial charge in [-0.15, -0.1) is 20.4 Å². The second kappa shape index (κ2) is 13.5. The van der Waals surface area contributed by atoms with Gasteiger partial charge in [0, 0.05) is 29.6 Å². The number of thioether (sulfide) groups is 1. The van der Waals surface area contributed by atoms with Gasteiger partial charge in [0.15, 0.2) is 4.34 Å². The summed E-state index contributed by atoms with van der Waals surface area (Å²) in [5.74, 6) is 1.41. The molecule has 0 saturated heterocycles. The van der Waals surface area contributed by atoms with E-state index in [1.54, 1.807) is 11.8 Å². The molecule has 0 bridgehead atoms. The van der Waals surface area contributed by atoms with Gasteiger partial charge in [0.2, 0.25) is 0 Å². The largest absolute Gasteiger partial charge is 1.00 e. The fourth-order valence-electron chi connectivity index (χ4n) is 1.48. The molecule has 1 N–H and O–H groups in total. The van der Waals surface area contributed by atoms with Crippen molar-refractivity contribution in [2.75, 3.05) is 11.5 Å². The van der Waals surface area contributed by atoms with E-state index in [2.05, 4.69) is 29.8 Å². The van der Waals surface area contributed by atoms with Crippen molar-refractivity contribution in [2.24, 2.45) is 10.2 Å². The van der Waals surface area contributed by atoms with Gasteiger partial charge < -0.3 is 10.4 Å². The van der Waals surface area contributed by atoms with Crippen molar-refractivity contribution in [1.29, 1.82) is 0 Å². The quantitative estimate of drug-likeness (QED) is 0.107. The topological polar surface area (TPSA) is 112 Å². The van der Waals surface area contributed by atoms with Crippen LogP contribution in [0.15, 0.2) is 26.7 Å². The van der Waals surface area contributed by atoms with Gasteiger partial charge in [0.25, 0.3) is 5.13 Å². The van der Waals surface area contributed by atoms with Gasteiger partial charge in [-0.3, -0.25) is 5.04 Å². The molecule has 1 heterocycles. The van der Waals surface area contributed by atoms with Crippen molar-refractivity contribution >= 4 is 69.2 Å². The molecule has 26 heavy (non-hydrogen) atoms. The smallest absolute Gasteiger partial charge is 0.691 e. The van der Waals surface area contributed by atoms with E-state index in [1.807, 2.05) is 0 Å². The number of hydrogen-bond donors (Lipinski definition) is 1. The van der Waals surface area contributed by atoms with E-state index in [0.29, 0.717) is 16.6 Å². The van der Waals surface area contributed by atoms with Crippen LogP contribution in [0.3, 0.4) is 0 Å². The second-order valence-electron chi connectivity index (χ2n) is 4.32. The van der Waals surface area contributed by atoms with Gasteiger partial charge in [0.1, 0.15) is 11.4 Å². The Balaban J connectivity index is 0.00000338.